The van der Waals surface area contributed by atoms with Crippen LogP contribution in [0.3, 0.4) is 0 Å². The van der Waals surface area contributed by atoms with Gasteiger partial charge in [0, 0.05) is 12.2 Å². The van der Waals surface area contributed by atoms with Crippen LogP contribution in [-0.2, 0) is 20.8 Å². The van der Waals surface area contributed by atoms with Crippen molar-refractivity contribution < 1.29 is 23.9 Å². The summed E-state index contributed by atoms with van der Waals surface area (Å²) in [5, 5.41) is 5.60. The molecule has 0 fully saturated rings. The highest BCUT2D eigenvalue weighted by Crippen LogP contribution is 2.34. The Morgan fingerprint density at radius 1 is 1.10 bits per heavy atom. The van der Waals surface area contributed by atoms with Crippen molar-refractivity contribution in [2.24, 2.45) is 0 Å². The van der Waals surface area contributed by atoms with Gasteiger partial charge in [0.1, 0.15) is 18.0 Å². The Morgan fingerprint density at radius 2 is 1.87 bits per heavy atom. The molecule has 1 aliphatic heterocycles. The Morgan fingerprint density at radius 3 is 2.58 bits per heavy atom. The molecule has 0 spiro atoms. The van der Waals surface area contributed by atoms with Crippen LogP contribution in [0, 0.1) is 0 Å². The largest absolute Gasteiger partial charge is 0.494 e. The Kier molecular flexibility index (Phi) is 7.48. The van der Waals surface area contributed by atoms with E-state index < -0.39 is 0 Å². The monoisotopic (exact) mass is 425 g/mol. The van der Waals surface area contributed by atoms with Crippen LogP contribution >= 0.6 is 0 Å². The SMILES string of the molecule is CCCNC(=O)CN1C(=O)COc2ccc(NC(=O)Cc3ccc(OCC)cc3)cc21. The second-order valence-electron chi connectivity index (χ2n) is 7.10. The van der Waals surface area contributed by atoms with Crippen LogP contribution in [0.25, 0.3) is 0 Å². The molecule has 0 radical (unpaired) electrons. The number of benzene rings is 2. The highest BCUT2D eigenvalue weighted by atomic mass is 16.5. The Balaban J connectivity index is 1.68. The van der Waals surface area contributed by atoms with Gasteiger partial charge in [0.2, 0.25) is 11.8 Å². The first-order chi connectivity index (χ1) is 15.0. The maximum atomic E-state index is 12.5. The van der Waals surface area contributed by atoms with Gasteiger partial charge in [-0.25, -0.2) is 0 Å². The predicted molar refractivity (Wildman–Crippen MR) is 118 cm³/mol. The van der Waals surface area contributed by atoms with E-state index in [2.05, 4.69) is 10.6 Å². The number of hydrogen-bond donors (Lipinski definition) is 2. The number of ether oxygens (including phenoxy) is 2. The number of fused-ring (bicyclic) bond motifs is 1. The molecule has 0 unspecified atom stereocenters. The summed E-state index contributed by atoms with van der Waals surface area (Å²) < 4.78 is 10.9. The number of anilines is 2. The van der Waals surface area contributed by atoms with E-state index >= 15 is 0 Å². The molecule has 31 heavy (non-hydrogen) atoms. The molecule has 0 saturated heterocycles. The third-order valence-electron chi connectivity index (χ3n) is 4.66. The summed E-state index contributed by atoms with van der Waals surface area (Å²) in [5.74, 6) is 0.505. The van der Waals surface area contributed by atoms with Crippen LogP contribution < -0.4 is 25.0 Å². The number of hydrogen-bond acceptors (Lipinski definition) is 5. The average Bonchev–Trinajstić information content (AvgIpc) is 2.76. The molecule has 1 heterocycles. The topological polar surface area (TPSA) is 97.0 Å². The molecule has 0 saturated carbocycles. The minimum atomic E-state index is -0.308. The minimum Gasteiger partial charge on any atom is -0.494 e. The Bertz CT molecular complexity index is 943. The summed E-state index contributed by atoms with van der Waals surface area (Å²) in [6.45, 7) is 4.78. The molecule has 0 aromatic heterocycles. The molecule has 2 N–H and O–H groups in total. The number of carbonyl (C=O) groups is 3. The summed E-state index contributed by atoms with van der Waals surface area (Å²) in [6, 6.07) is 12.4. The highest BCUT2D eigenvalue weighted by molar-refractivity contribution is 6.03. The summed E-state index contributed by atoms with van der Waals surface area (Å²) in [5.41, 5.74) is 1.83. The van der Waals surface area contributed by atoms with Gasteiger partial charge in [0.25, 0.3) is 5.91 Å². The zero-order valence-corrected chi connectivity index (χ0v) is 17.8. The lowest BCUT2D eigenvalue weighted by Crippen LogP contribution is -2.45. The lowest BCUT2D eigenvalue weighted by atomic mass is 10.1. The average molecular weight is 425 g/mol. The van der Waals surface area contributed by atoms with Gasteiger partial charge in [-0.3, -0.25) is 19.3 Å². The summed E-state index contributed by atoms with van der Waals surface area (Å²) >= 11 is 0. The van der Waals surface area contributed by atoms with Crippen molar-refractivity contribution in [3.8, 4) is 11.5 Å². The smallest absolute Gasteiger partial charge is 0.265 e. The second kappa shape index (κ2) is 10.5. The zero-order chi connectivity index (χ0) is 22.2. The molecular weight excluding hydrogens is 398 g/mol. The Hall–Kier alpha value is -3.55. The zero-order valence-electron chi connectivity index (χ0n) is 17.8. The summed E-state index contributed by atoms with van der Waals surface area (Å²) in [4.78, 5) is 38.3. The fourth-order valence-electron chi connectivity index (χ4n) is 3.18. The predicted octanol–water partition coefficient (Wildman–Crippen LogP) is 2.52. The fourth-order valence-corrected chi connectivity index (χ4v) is 3.18. The van der Waals surface area contributed by atoms with Crippen LogP contribution in [0.15, 0.2) is 42.5 Å². The second-order valence-corrected chi connectivity index (χ2v) is 7.10. The van der Waals surface area contributed by atoms with E-state index in [0.29, 0.717) is 30.3 Å². The standard InChI is InChI=1S/C23H27N3O5/c1-3-11-24-22(28)14-26-19-13-17(7-10-20(19)31-15-23(26)29)25-21(27)12-16-5-8-18(9-6-16)30-4-2/h5-10,13H,3-4,11-12,14-15H2,1-2H3,(H,24,28)(H,25,27). The lowest BCUT2D eigenvalue weighted by Gasteiger charge is -2.29. The van der Waals surface area contributed by atoms with Crippen LogP contribution in [0.2, 0.25) is 0 Å². The third kappa shape index (κ3) is 5.97. The number of carbonyl (C=O) groups excluding carboxylic acids is 3. The molecule has 8 nitrogen and oxygen atoms in total. The van der Waals surface area contributed by atoms with E-state index in [0.717, 1.165) is 17.7 Å². The fraction of sp³-hybridized carbons (Fsp3) is 0.348. The van der Waals surface area contributed by atoms with Crippen molar-refractivity contribution in [2.45, 2.75) is 26.7 Å². The summed E-state index contributed by atoms with van der Waals surface area (Å²) in [7, 11) is 0. The molecule has 3 rings (SSSR count). The molecule has 0 aliphatic carbocycles. The normalized spacial score (nSPS) is 12.6. The quantitative estimate of drug-likeness (QED) is 0.644. The van der Waals surface area contributed by atoms with Crippen molar-refractivity contribution in [3.05, 3.63) is 48.0 Å². The number of rotatable bonds is 9. The molecule has 2 aromatic rings. The summed E-state index contributed by atoms with van der Waals surface area (Å²) in [6.07, 6.45) is 1.01. The first kappa shape index (κ1) is 22.1. The van der Waals surface area contributed by atoms with Crippen LogP contribution in [-0.4, -0.2) is 44.0 Å². The highest BCUT2D eigenvalue weighted by Gasteiger charge is 2.27. The van der Waals surface area contributed by atoms with Crippen molar-refractivity contribution in [1.29, 1.82) is 0 Å². The van der Waals surface area contributed by atoms with Gasteiger partial charge >= 0.3 is 0 Å². The van der Waals surface area contributed by atoms with E-state index in [1.807, 2.05) is 38.1 Å². The van der Waals surface area contributed by atoms with E-state index in [-0.39, 0.29) is 37.3 Å². The maximum absolute atomic E-state index is 12.5. The van der Waals surface area contributed by atoms with Crippen LogP contribution in [0.4, 0.5) is 11.4 Å². The van der Waals surface area contributed by atoms with E-state index in [1.165, 1.54) is 4.90 Å². The number of amides is 3. The van der Waals surface area contributed by atoms with Crippen LogP contribution in [0.5, 0.6) is 11.5 Å². The van der Waals surface area contributed by atoms with Gasteiger partial charge in [-0.2, -0.15) is 0 Å². The van der Waals surface area contributed by atoms with Crippen molar-refractivity contribution >= 4 is 29.1 Å². The van der Waals surface area contributed by atoms with Crippen molar-refractivity contribution in [1.82, 2.24) is 5.32 Å². The van der Waals surface area contributed by atoms with E-state index in [1.54, 1.807) is 18.2 Å². The van der Waals surface area contributed by atoms with Gasteiger partial charge in [0.15, 0.2) is 6.61 Å². The maximum Gasteiger partial charge on any atom is 0.265 e. The van der Waals surface area contributed by atoms with E-state index in [4.69, 9.17) is 9.47 Å². The molecular formula is C23H27N3O5. The van der Waals surface area contributed by atoms with E-state index in [9.17, 15) is 14.4 Å². The molecule has 2 aromatic carbocycles. The van der Waals surface area contributed by atoms with Crippen LogP contribution in [0.1, 0.15) is 25.8 Å². The van der Waals surface area contributed by atoms with Crippen molar-refractivity contribution in [3.63, 3.8) is 0 Å². The third-order valence-corrected chi connectivity index (χ3v) is 4.66. The van der Waals surface area contributed by atoms with Gasteiger partial charge < -0.3 is 20.1 Å². The lowest BCUT2D eigenvalue weighted by molar-refractivity contribution is -0.125. The van der Waals surface area contributed by atoms with Gasteiger partial charge in [-0.15, -0.1) is 0 Å². The number of nitrogens with zero attached hydrogens (tertiary/aromatic N) is 1. The molecule has 0 bridgehead atoms. The first-order valence-electron chi connectivity index (χ1n) is 10.4. The number of nitrogens with one attached hydrogen (secondary N) is 2. The van der Waals surface area contributed by atoms with Gasteiger partial charge in [0.05, 0.1) is 18.7 Å². The minimum absolute atomic E-state index is 0.0984. The molecule has 1 aliphatic rings. The molecule has 164 valence electrons. The molecule has 0 atom stereocenters. The van der Waals surface area contributed by atoms with Gasteiger partial charge in [-0.05, 0) is 49.2 Å². The van der Waals surface area contributed by atoms with Gasteiger partial charge in [-0.1, -0.05) is 19.1 Å². The Labute approximate surface area is 181 Å². The molecule has 3 amide bonds. The molecule has 8 heteroatoms. The first-order valence-corrected chi connectivity index (χ1v) is 10.4. The van der Waals surface area contributed by atoms with Crippen molar-refractivity contribution in [2.75, 3.05) is 36.5 Å².